The maximum atomic E-state index is 12.3. The van der Waals surface area contributed by atoms with Gasteiger partial charge in [0, 0.05) is 12.2 Å². The number of carbonyl (C=O) groups excluding carboxylic acids is 1. The molecule has 6 heteroatoms. The Morgan fingerprint density at radius 3 is 2.64 bits per heavy atom. The van der Waals surface area contributed by atoms with Crippen molar-refractivity contribution in [2.45, 2.75) is 20.3 Å². The monoisotopic (exact) mass is 376 g/mol. The topological polar surface area (TPSA) is 76.1 Å². The molecule has 0 radical (unpaired) electrons. The molecule has 0 unspecified atom stereocenters. The van der Waals surface area contributed by atoms with Gasteiger partial charge in [0.2, 0.25) is 0 Å². The van der Waals surface area contributed by atoms with Gasteiger partial charge in [0.15, 0.2) is 0 Å². The lowest BCUT2D eigenvalue weighted by molar-refractivity contribution is 0.0949. The summed E-state index contributed by atoms with van der Waals surface area (Å²) in [5, 5.41) is 6.11. The Balaban J connectivity index is 1.55. The smallest absolute Gasteiger partial charge is 0.271 e. The summed E-state index contributed by atoms with van der Waals surface area (Å²) in [6.45, 7) is 4.62. The van der Waals surface area contributed by atoms with Crippen LogP contribution in [0.1, 0.15) is 27.2 Å². The third-order valence-corrected chi connectivity index (χ3v) is 4.59. The molecule has 0 saturated carbocycles. The molecule has 0 aliphatic rings. The summed E-state index contributed by atoms with van der Waals surface area (Å²) in [6.07, 6.45) is 3.76. The molecule has 0 aliphatic heterocycles. The van der Waals surface area contributed by atoms with Gasteiger partial charge in [0.05, 0.1) is 19.5 Å². The van der Waals surface area contributed by atoms with E-state index in [1.54, 1.807) is 13.3 Å². The van der Waals surface area contributed by atoms with Crippen molar-refractivity contribution in [2.24, 2.45) is 0 Å². The molecule has 1 heterocycles. The third-order valence-electron chi connectivity index (χ3n) is 4.59. The molecule has 2 N–H and O–H groups in total. The molecule has 1 aromatic heterocycles. The van der Waals surface area contributed by atoms with Gasteiger partial charge in [-0.25, -0.2) is 9.97 Å². The number of rotatable bonds is 7. The lowest BCUT2D eigenvalue weighted by Gasteiger charge is -2.11. The van der Waals surface area contributed by atoms with Crippen molar-refractivity contribution in [3.05, 3.63) is 77.2 Å². The number of aryl methyl sites for hydroxylation is 1. The van der Waals surface area contributed by atoms with Gasteiger partial charge in [-0.05, 0) is 55.2 Å². The van der Waals surface area contributed by atoms with Gasteiger partial charge in [-0.1, -0.05) is 24.3 Å². The zero-order valence-electron chi connectivity index (χ0n) is 16.3. The first kappa shape index (κ1) is 19.4. The zero-order chi connectivity index (χ0) is 19.9. The summed E-state index contributed by atoms with van der Waals surface area (Å²) < 4.78 is 5.21. The number of nitrogens with zero attached hydrogens (tertiary/aromatic N) is 2. The van der Waals surface area contributed by atoms with Gasteiger partial charge in [-0.2, -0.15) is 0 Å². The van der Waals surface area contributed by atoms with Gasteiger partial charge in [0.25, 0.3) is 5.91 Å². The van der Waals surface area contributed by atoms with E-state index < -0.39 is 0 Å². The van der Waals surface area contributed by atoms with Crippen LogP contribution in [0.15, 0.2) is 54.9 Å². The summed E-state index contributed by atoms with van der Waals surface area (Å²) in [5.41, 5.74) is 4.72. The van der Waals surface area contributed by atoms with Crippen molar-refractivity contribution in [3.8, 4) is 5.75 Å². The molecule has 6 nitrogen and oxygen atoms in total. The molecule has 2 aromatic carbocycles. The zero-order valence-corrected chi connectivity index (χ0v) is 16.3. The average Bonchev–Trinajstić information content (AvgIpc) is 2.72. The van der Waals surface area contributed by atoms with Crippen molar-refractivity contribution in [1.82, 2.24) is 15.3 Å². The molecule has 3 rings (SSSR count). The van der Waals surface area contributed by atoms with Crippen LogP contribution in [0.4, 0.5) is 11.5 Å². The SMILES string of the molecule is COc1cccc(CCNC(=O)c2cnc(Nc3cccc(C)c3C)cn2)c1. The largest absolute Gasteiger partial charge is 0.497 e. The number of hydrogen-bond acceptors (Lipinski definition) is 5. The number of hydrogen-bond donors (Lipinski definition) is 2. The number of ether oxygens (including phenoxy) is 1. The number of anilines is 2. The second kappa shape index (κ2) is 8.99. The van der Waals surface area contributed by atoms with Crippen LogP contribution in [-0.4, -0.2) is 29.5 Å². The summed E-state index contributed by atoms with van der Waals surface area (Å²) in [6, 6.07) is 13.8. The van der Waals surface area contributed by atoms with Gasteiger partial charge in [-0.15, -0.1) is 0 Å². The fourth-order valence-corrected chi connectivity index (χ4v) is 2.77. The van der Waals surface area contributed by atoms with Crippen LogP contribution in [0.5, 0.6) is 5.75 Å². The molecular formula is C22H24N4O2. The summed E-state index contributed by atoms with van der Waals surface area (Å²) in [7, 11) is 1.64. The maximum absolute atomic E-state index is 12.3. The van der Waals surface area contributed by atoms with E-state index in [4.69, 9.17) is 4.74 Å². The summed E-state index contributed by atoms with van der Waals surface area (Å²) in [4.78, 5) is 20.8. The molecule has 3 aromatic rings. The van der Waals surface area contributed by atoms with Crippen molar-refractivity contribution in [2.75, 3.05) is 19.0 Å². The van der Waals surface area contributed by atoms with Gasteiger partial charge in [-0.3, -0.25) is 4.79 Å². The summed E-state index contributed by atoms with van der Waals surface area (Å²) >= 11 is 0. The van der Waals surface area contributed by atoms with E-state index >= 15 is 0 Å². The van der Waals surface area contributed by atoms with Crippen LogP contribution >= 0.6 is 0 Å². The number of methoxy groups -OCH3 is 1. The second-order valence-electron chi connectivity index (χ2n) is 6.52. The minimum Gasteiger partial charge on any atom is -0.497 e. The molecule has 0 spiro atoms. The normalized spacial score (nSPS) is 10.4. The Hall–Kier alpha value is -3.41. The van der Waals surface area contributed by atoms with E-state index in [1.165, 1.54) is 11.8 Å². The van der Waals surface area contributed by atoms with E-state index in [1.807, 2.05) is 36.4 Å². The molecule has 0 atom stereocenters. The number of nitrogens with one attached hydrogen (secondary N) is 2. The first-order valence-corrected chi connectivity index (χ1v) is 9.13. The van der Waals surface area contributed by atoms with E-state index in [2.05, 4.69) is 40.5 Å². The summed E-state index contributed by atoms with van der Waals surface area (Å²) in [5.74, 6) is 1.16. The van der Waals surface area contributed by atoms with Gasteiger partial charge in [0.1, 0.15) is 17.3 Å². The van der Waals surface area contributed by atoms with E-state index in [-0.39, 0.29) is 11.6 Å². The van der Waals surface area contributed by atoms with Crippen molar-refractivity contribution in [3.63, 3.8) is 0 Å². The number of carbonyl (C=O) groups is 1. The second-order valence-corrected chi connectivity index (χ2v) is 6.52. The predicted octanol–water partition coefficient (Wildman–Crippen LogP) is 3.82. The average molecular weight is 376 g/mol. The van der Waals surface area contributed by atoms with Crippen LogP contribution in [0.3, 0.4) is 0 Å². The minimum atomic E-state index is -0.242. The fraction of sp³-hybridized carbons (Fsp3) is 0.227. The highest BCUT2D eigenvalue weighted by Gasteiger charge is 2.09. The molecule has 0 bridgehead atoms. The Labute approximate surface area is 165 Å². The number of amides is 1. The van der Waals surface area contributed by atoms with Gasteiger partial charge >= 0.3 is 0 Å². The first-order chi connectivity index (χ1) is 13.6. The molecule has 28 heavy (non-hydrogen) atoms. The Bertz CT molecular complexity index is 955. The third kappa shape index (κ3) is 4.85. The first-order valence-electron chi connectivity index (χ1n) is 9.13. The Morgan fingerprint density at radius 1 is 1.07 bits per heavy atom. The predicted molar refractivity (Wildman–Crippen MR) is 110 cm³/mol. The highest BCUT2D eigenvalue weighted by molar-refractivity contribution is 5.92. The van der Waals surface area contributed by atoms with E-state index in [0.717, 1.165) is 22.6 Å². The standard InChI is InChI=1S/C22H24N4O2/c1-15-6-4-9-19(16(15)2)26-21-14-24-20(13-25-21)22(27)23-11-10-17-7-5-8-18(12-17)28-3/h4-9,12-14H,10-11H2,1-3H3,(H,23,27)(H,25,26). The minimum absolute atomic E-state index is 0.242. The van der Waals surface area contributed by atoms with Crippen LogP contribution in [0.2, 0.25) is 0 Å². The lowest BCUT2D eigenvalue weighted by atomic mass is 10.1. The van der Waals surface area contributed by atoms with Crippen molar-refractivity contribution < 1.29 is 9.53 Å². The number of benzene rings is 2. The van der Waals surface area contributed by atoms with Gasteiger partial charge < -0.3 is 15.4 Å². The van der Waals surface area contributed by atoms with E-state index in [0.29, 0.717) is 18.8 Å². The molecule has 0 aliphatic carbocycles. The molecule has 0 saturated heterocycles. The van der Waals surface area contributed by atoms with Crippen LogP contribution < -0.4 is 15.4 Å². The Morgan fingerprint density at radius 2 is 1.89 bits per heavy atom. The fourth-order valence-electron chi connectivity index (χ4n) is 2.77. The Kier molecular flexibility index (Phi) is 6.22. The van der Waals surface area contributed by atoms with Crippen LogP contribution in [-0.2, 0) is 6.42 Å². The highest BCUT2D eigenvalue weighted by atomic mass is 16.5. The number of aromatic nitrogens is 2. The lowest BCUT2D eigenvalue weighted by Crippen LogP contribution is -2.26. The molecular weight excluding hydrogens is 352 g/mol. The highest BCUT2D eigenvalue weighted by Crippen LogP contribution is 2.21. The van der Waals surface area contributed by atoms with Crippen molar-refractivity contribution in [1.29, 1.82) is 0 Å². The maximum Gasteiger partial charge on any atom is 0.271 e. The molecule has 1 amide bonds. The van der Waals surface area contributed by atoms with Crippen LogP contribution in [0.25, 0.3) is 0 Å². The molecule has 144 valence electrons. The van der Waals surface area contributed by atoms with Crippen molar-refractivity contribution >= 4 is 17.4 Å². The quantitative estimate of drug-likeness (QED) is 0.656. The van der Waals surface area contributed by atoms with Crippen LogP contribution in [0, 0.1) is 13.8 Å². The molecule has 0 fully saturated rings. The van der Waals surface area contributed by atoms with E-state index in [9.17, 15) is 4.79 Å².